The van der Waals surface area contributed by atoms with Gasteiger partial charge in [-0.2, -0.15) is 0 Å². The van der Waals surface area contributed by atoms with E-state index in [9.17, 15) is 18.8 Å². The lowest BCUT2D eigenvalue weighted by atomic mass is 9.87. The van der Waals surface area contributed by atoms with Crippen LogP contribution in [0.2, 0.25) is 0 Å². The Hall–Kier alpha value is -3.86. The molecular formula is C27H33FN4O6. The van der Waals surface area contributed by atoms with E-state index in [1.807, 2.05) is 19.9 Å². The molecule has 2 aromatic rings. The molecule has 2 heterocycles. The van der Waals surface area contributed by atoms with E-state index in [-0.39, 0.29) is 6.42 Å². The molecule has 38 heavy (non-hydrogen) atoms. The van der Waals surface area contributed by atoms with Crippen LogP contribution >= 0.6 is 0 Å². The van der Waals surface area contributed by atoms with Crippen molar-refractivity contribution in [2.75, 3.05) is 56.3 Å². The van der Waals surface area contributed by atoms with E-state index in [1.165, 1.54) is 24.3 Å². The van der Waals surface area contributed by atoms with Gasteiger partial charge >= 0.3 is 6.03 Å². The van der Waals surface area contributed by atoms with Crippen LogP contribution in [0.25, 0.3) is 0 Å². The molecule has 0 radical (unpaired) electrons. The number of benzene rings is 2. The number of carbonyl (C=O) groups is 3. The van der Waals surface area contributed by atoms with Crippen molar-refractivity contribution in [1.82, 2.24) is 10.2 Å². The maximum Gasteiger partial charge on any atom is 0.325 e. The molecular weight excluding hydrogens is 495 g/mol. The predicted molar refractivity (Wildman–Crippen MR) is 139 cm³/mol. The van der Waals surface area contributed by atoms with Crippen LogP contribution in [0.4, 0.5) is 20.6 Å². The van der Waals surface area contributed by atoms with Crippen LogP contribution in [-0.4, -0.2) is 68.8 Å². The molecule has 0 saturated carbocycles. The molecule has 0 aliphatic carbocycles. The number of anilines is 2. The third kappa shape index (κ3) is 5.38. The van der Waals surface area contributed by atoms with Crippen molar-refractivity contribution in [3.63, 3.8) is 0 Å². The molecule has 0 spiro atoms. The summed E-state index contributed by atoms with van der Waals surface area (Å²) in [6, 6.07) is 8.19. The molecule has 10 nitrogen and oxygen atoms in total. The number of ether oxygens (including phenoxy) is 3. The molecule has 2 fully saturated rings. The summed E-state index contributed by atoms with van der Waals surface area (Å²) >= 11 is 0. The molecule has 4 rings (SSSR count). The number of urea groups is 1. The van der Waals surface area contributed by atoms with Gasteiger partial charge in [0.25, 0.3) is 5.91 Å². The van der Waals surface area contributed by atoms with Gasteiger partial charge in [-0.05, 0) is 38.0 Å². The van der Waals surface area contributed by atoms with Crippen molar-refractivity contribution < 1.29 is 33.0 Å². The van der Waals surface area contributed by atoms with Crippen LogP contribution in [-0.2, 0) is 19.9 Å². The van der Waals surface area contributed by atoms with Gasteiger partial charge in [0.1, 0.15) is 29.4 Å². The fourth-order valence-electron chi connectivity index (χ4n) is 4.72. The summed E-state index contributed by atoms with van der Waals surface area (Å²) < 4.78 is 30.6. The number of halogens is 1. The van der Waals surface area contributed by atoms with Crippen LogP contribution in [0.15, 0.2) is 36.4 Å². The lowest BCUT2D eigenvalue weighted by Crippen LogP contribution is -2.44. The SMILES string of the molecule is CCOc1cc(N2CCOCC2)c(OCC)cc1NC(=O)CN1C(=O)N[C@](CC)(c2ccc(F)cc2)C1=O. The van der Waals surface area contributed by atoms with E-state index >= 15 is 0 Å². The van der Waals surface area contributed by atoms with Crippen LogP contribution in [0.1, 0.15) is 32.8 Å². The number of amides is 4. The molecule has 0 aromatic heterocycles. The van der Waals surface area contributed by atoms with Crippen molar-refractivity contribution in [3.8, 4) is 11.5 Å². The molecule has 4 amide bonds. The molecule has 11 heteroatoms. The molecule has 1 atom stereocenters. The molecule has 0 bridgehead atoms. The van der Waals surface area contributed by atoms with Gasteiger partial charge in [-0.25, -0.2) is 9.18 Å². The van der Waals surface area contributed by atoms with E-state index < -0.39 is 35.7 Å². The topological polar surface area (TPSA) is 109 Å². The summed E-state index contributed by atoms with van der Waals surface area (Å²) in [5.74, 6) is -0.595. The molecule has 2 N–H and O–H groups in total. The summed E-state index contributed by atoms with van der Waals surface area (Å²) in [6.07, 6.45) is 0.233. The highest BCUT2D eigenvalue weighted by Crippen LogP contribution is 2.39. The Labute approximate surface area is 221 Å². The van der Waals surface area contributed by atoms with Gasteiger partial charge in [0, 0.05) is 25.2 Å². The molecule has 2 saturated heterocycles. The fourth-order valence-corrected chi connectivity index (χ4v) is 4.72. The maximum absolute atomic E-state index is 13.5. The molecule has 2 aromatic carbocycles. The zero-order valence-corrected chi connectivity index (χ0v) is 21.8. The summed E-state index contributed by atoms with van der Waals surface area (Å²) in [4.78, 5) is 42.3. The van der Waals surface area contributed by atoms with Crippen LogP contribution in [0.3, 0.4) is 0 Å². The number of hydrogen-bond acceptors (Lipinski definition) is 7. The Balaban J connectivity index is 1.56. The van der Waals surface area contributed by atoms with Crippen molar-refractivity contribution in [3.05, 3.63) is 47.8 Å². The second kappa shape index (κ2) is 11.7. The van der Waals surface area contributed by atoms with Crippen LogP contribution < -0.4 is 25.0 Å². The summed E-state index contributed by atoms with van der Waals surface area (Å²) in [6.45, 7) is 8.30. The van der Waals surface area contributed by atoms with Gasteiger partial charge in [-0.1, -0.05) is 19.1 Å². The van der Waals surface area contributed by atoms with Gasteiger partial charge in [-0.3, -0.25) is 14.5 Å². The van der Waals surface area contributed by atoms with E-state index in [0.29, 0.717) is 62.3 Å². The molecule has 2 aliphatic rings. The number of imide groups is 1. The number of hydrogen-bond donors (Lipinski definition) is 2. The maximum atomic E-state index is 13.5. The summed E-state index contributed by atoms with van der Waals surface area (Å²) in [5, 5.41) is 5.47. The molecule has 2 aliphatic heterocycles. The smallest absolute Gasteiger partial charge is 0.325 e. The van der Waals surface area contributed by atoms with E-state index in [4.69, 9.17) is 14.2 Å². The third-order valence-electron chi connectivity index (χ3n) is 6.63. The predicted octanol–water partition coefficient (Wildman–Crippen LogP) is 3.26. The standard InChI is InChI=1S/C27H33FN4O6/c1-4-27(18-7-9-19(28)10-8-18)25(34)32(26(35)30-27)17-24(33)29-20-15-23(38-6-3)21(16-22(20)37-5-2)31-11-13-36-14-12-31/h7-10,15-16H,4-6,11-14,17H2,1-3H3,(H,29,33)(H,30,35)/t27-/m1/s1. The Morgan fingerprint density at radius 3 is 2.34 bits per heavy atom. The number of rotatable bonds is 10. The minimum atomic E-state index is -1.37. The summed E-state index contributed by atoms with van der Waals surface area (Å²) in [5.41, 5.74) is 0.271. The van der Waals surface area contributed by atoms with Crippen LogP contribution in [0.5, 0.6) is 11.5 Å². The van der Waals surface area contributed by atoms with Crippen molar-refractivity contribution >= 4 is 29.2 Å². The first-order chi connectivity index (χ1) is 18.3. The van der Waals surface area contributed by atoms with Gasteiger partial charge in [0.15, 0.2) is 0 Å². The van der Waals surface area contributed by atoms with Gasteiger partial charge in [0.2, 0.25) is 5.91 Å². The molecule has 0 unspecified atom stereocenters. The first kappa shape index (κ1) is 27.2. The van der Waals surface area contributed by atoms with Gasteiger partial charge in [-0.15, -0.1) is 0 Å². The highest BCUT2D eigenvalue weighted by molar-refractivity contribution is 6.10. The Bertz CT molecular complexity index is 1180. The third-order valence-corrected chi connectivity index (χ3v) is 6.63. The van der Waals surface area contributed by atoms with Crippen LogP contribution in [0, 0.1) is 5.82 Å². The monoisotopic (exact) mass is 528 g/mol. The fraction of sp³-hybridized carbons (Fsp3) is 0.444. The van der Waals surface area contributed by atoms with Crippen molar-refractivity contribution in [1.29, 1.82) is 0 Å². The van der Waals surface area contributed by atoms with Gasteiger partial charge in [0.05, 0.1) is 37.8 Å². The summed E-state index contributed by atoms with van der Waals surface area (Å²) in [7, 11) is 0. The number of nitrogens with zero attached hydrogens (tertiary/aromatic N) is 2. The Kier molecular flexibility index (Phi) is 8.35. The second-order valence-electron chi connectivity index (χ2n) is 8.92. The number of carbonyl (C=O) groups excluding carboxylic acids is 3. The lowest BCUT2D eigenvalue weighted by Gasteiger charge is -2.31. The first-order valence-corrected chi connectivity index (χ1v) is 12.8. The Morgan fingerprint density at radius 2 is 1.71 bits per heavy atom. The average molecular weight is 529 g/mol. The largest absolute Gasteiger partial charge is 0.492 e. The number of nitrogens with one attached hydrogen (secondary N) is 2. The quantitative estimate of drug-likeness (QED) is 0.456. The minimum absolute atomic E-state index is 0.233. The van der Waals surface area contributed by atoms with E-state index in [2.05, 4.69) is 15.5 Å². The zero-order valence-electron chi connectivity index (χ0n) is 21.8. The number of morpholine rings is 1. The highest BCUT2D eigenvalue weighted by atomic mass is 19.1. The van der Waals surface area contributed by atoms with E-state index in [1.54, 1.807) is 13.0 Å². The zero-order chi connectivity index (χ0) is 27.3. The molecule has 204 valence electrons. The van der Waals surface area contributed by atoms with Crippen molar-refractivity contribution in [2.24, 2.45) is 0 Å². The van der Waals surface area contributed by atoms with Crippen molar-refractivity contribution in [2.45, 2.75) is 32.7 Å². The van der Waals surface area contributed by atoms with E-state index in [0.717, 1.165) is 10.6 Å². The normalized spacial score (nSPS) is 19.4. The average Bonchev–Trinajstić information content (AvgIpc) is 3.16. The highest BCUT2D eigenvalue weighted by Gasteiger charge is 2.51. The first-order valence-electron chi connectivity index (χ1n) is 12.8. The van der Waals surface area contributed by atoms with Gasteiger partial charge < -0.3 is 29.7 Å². The lowest BCUT2D eigenvalue weighted by molar-refractivity contribution is -0.134. The second-order valence-corrected chi connectivity index (χ2v) is 8.92. The minimum Gasteiger partial charge on any atom is -0.492 e. The Morgan fingerprint density at radius 1 is 1.05 bits per heavy atom.